The molecule has 84 valence electrons. The van der Waals surface area contributed by atoms with Crippen LogP contribution in [0.5, 0.6) is 0 Å². The van der Waals surface area contributed by atoms with Crippen molar-refractivity contribution in [2.75, 3.05) is 0 Å². The van der Waals surface area contributed by atoms with Gasteiger partial charge < -0.3 is 5.73 Å². The van der Waals surface area contributed by atoms with Gasteiger partial charge in [-0.3, -0.25) is 10.1 Å². The maximum absolute atomic E-state index is 10.4. The van der Waals surface area contributed by atoms with Crippen molar-refractivity contribution >= 4 is 18.1 Å². The van der Waals surface area contributed by atoms with Crippen LogP contribution in [-0.2, 0) is 0 Å². The summed E-state index contributed by atoms with van der Waals surface area (Å²) in [7, 11) is 0. The smallest absolute Gasteiger partial charge is 0.269 e. The first-order valence-electron chi connectivity index (χ1n) is 4.65. The van der Waals surface area contributed by atoms with Crippen LogP contribution in [0.3, 0.4) is 0 Å². The monoisotopic (exact) mass is 230 g/mol. The molecule has 1 aromatic rings. The molecule has 0 aliphatic carbocycles. The zero-order valence-corrected chi connectivity index (χ0v) is 9.37. The van der Waals surface area contributed by atoms with E-state index in [0.717, 1.165) is 18.4 Å². The van der Waals surface area contributed by atoms with Gasteiger partial charge >= 0.3 is 0 Å². The minimum absolute atomic E-state index is 0. The number of non-ortho nitro benzene ring substituents is 1. The molecule has 0 saturated carbocycles. The second-order valence-electron chi connectivity index (χ2n) is 3.24. The van der Waals surface area contributed by atoms with E-state index in [2.05, 4.69) is 6.92 Å². The van der Waals surface area contributed by atoms with E-state index in [1.165, 1.54) is 12.1 Å². The maximum Gasteiger partial charge on any atom is 0.269 e. The Labute approximate surface area is 95.0 Å². The van der Waals surface area contributed by atoms with Crippen LogP contribution in [0.4, 0.5) is 5.69 Å². The normalized spacial score (nSPS) is 11.6. The van der Waals surface area contributed by atoms with Crippen LogP contribution in [0.1, 0.15) is 31.4 Å². The molecule has 0 aliphatic heterocycles. The van der Waals surface area contributed by atoms with E-state index in [9.17, 15) is 10.1 Å². The van der Waals surface area contributed by atoms with Crippen LogP contribution >= 0.6 is 12.4 Å². The van der Waals surface area contributed by atoms with Crippen molar-refractivity contribution in [1.82, 2.24) is 0 Å². The van der Waals surface area contributed by atoms with Crippen LogP contribution in [-0.4, -0.2) is 4.92 Å². The van der Waals surface area contributed by atoms with Crippen molar-refractivity contribution in [2.24, 2.45) is 5.73 Å². The summed E-state index contributed by atoms with van der Waals surface area (Å²) >= 11 is 0. The number of nitro groups is 1. The van der Waals surface area contributed by atoms with Crippen LogP contribution in [0, 0.1) is 10.1 Å². The summed E-state index contributed by atoms with van der Waals surface area (Å²) in [6.07, 6.45) is 1.91. The van der Waals surface area contributed by atoms with Gasteiger partial charge in [-0.15, -0.1) is 12.4 Å². The SMILES string of the molecule is CCC[C@@H](N)c1ccc([N+](=O)[O-])cc1.Cl. The average molecular weight is 231 g/mol. The van der Waals surface area contributed by atoms with E-state index in [0.29, 0.717) is 0 Å². The number of rotatable bonds is 4. The first-order valence-corrected chi connectivity index (χ1v) is 4.65. The number of hydrogen-bond acceptors (Lipinski definition) is 3. The molecule has 0 amide bonds. The molecule has 0 bridgehead atoms. The molecule has 0 spiro atoms. The first-order chi connectivity index (χ1) is 6.65. The van der Waals surface area contributed by atoms with E-state index < -0.39 is 4.92 Å². The third kappa shape index (κ3) is 3.85. The maximum atomic E-state index is 10.4. The summed E-state index contributed by atoms with van der Waals surface area (Å²) in [5, 5.41) is 10.4. The Kier molecular flexibility index (Phi) is 5.89. The molecule has 0 radical (unpaired) electrons. The number of benzene rings is 1. The number of nitrogens with two attached hydrogens (primary N) is 1. The summed E-state index contributed by atoms with van der Waals surface area (Å²) in [5.74, 6) is 0. The number of nitro benzene ring substituents is 1. The molecule has 0 aliphatic rings. The largest absolute Gasteiger partial charge is 0.324 e. The van der Waals surface area contributed by atoms with Crippen LogP contribution < -0.4 is 5.73 Å². The van der Waals surface area contributed by atoms with Gasteiger partial charge in [0.15, 0.2) is 0 Å². The fourth-order valence-electron chi connectivity index (χ4n) is 1.32. The zero-order chi connectivity index (χ0) is 10.6. The van der Waals surface area contributed by atoms with E-state index in [1.807, 2.05) is 0 Å². The van der Waals surface area contributed by atoms with Gasteiger partial charge in [0.1, 0.15) is 0 Å². The van der Waals surface area contributed by atoms with Crippen LogP contribution in [0.15, 0.2) is 24.3 Å². The van der Waals surface area contributed by atoms with Crippen LogP contribution in [0.25, 0.3) is 0 Å². The van der Waals surface area contributed by atoms with Gasteiger partial charge in [0, 0.05) is 18.2 Å². The molecule has 0 unspecified atom stereocenters. The quantitative estimate of drug-likeness (QED) is 0.639. The fourth-order valence-corrected chi connectivity index (χ4v) is 1.32. The Hall–Kier alpha value is -1.13. The Morgan fingerprint density at radius 1 is 1.40 bits per heavy atom. The van der Waals surface area contributed by atoms with Crippen molar-refractivity contribution in [3.05, 3.63) is 39.9 Å². The molecule has 2 N–H and O–H groups in total. The van der Waals surface area contributed by atoms with E-state index in [1.54, 1.807) is 12.1 Å². The van der Waals surface area contributed by atoms with Crippen molar-refractivity contribution in [1.29, 1.82) is 0 Å². The number of halogens is 1. The predicted molar refractivity (Wildman–Crippen MR) is 62.2 cm³/mol. The Morgan fingerprint density at radius 2 is 1.93 bits per heavy atom. The third-order valence-electron chi connectivity index (χ3n) is 2.13. The zero-order valence-electron chi connectivity index (χ0n) is 8.55. The van der Waals surface area contributed by atoms with Gasteiger partial charge in [-0.25, -0.2) is 0 Å². The van der Waals surface area contributed by atoms with E-state index >= 15 is 0 Å². The van der Waals surface area contributed by atoms with Gasteiger partial charge in [0.25, 0.3) is 5.69 Å². The molecule has 0 aromatic heterocycles. The van der Waals surface area contributed by atoms with E-state index in [-0.39, 0.29) is 24.1 Å². The van der Waals surface area contributed by atoms with Crippen molar-refractivity contribution in [3.63, 3.8) is 0 Å². The van der Waals surface area contributed by atoms with Crippen LogP contribution in [0.2, 0.25) is 0 Å². The lowest BCUT2D eigenvalue weighted by atomic mass is 10.0. The summed E-state index contributed by atoms with van der Waals surface area (Å²) in [4.78, 5) is 9.97. The average Bonchev–Trinajstić information content (AvgIpc) is 2.18. The Balaban J connectivity index is 0.00000196. The molecule has 0 fully saturated rings. The predicted octanol–water partition coefficient (Wildman–Crippen LogP) is 2.82. The Morgan fingerprint density at radius 3 is 2.33 bits per heavy atom. The topological polar surface area (TPSA) is 69.2 Å². The minimum Gasteiger partial charge on any atom is -0.324 e. The lowest BCUT2D eigenvalue weighted by Gasteiger charge is -2.09. The van der Waals surface area contributed by atoms with Gasteiger partial charge in [-0.2, -0.15) is 0 Å². The van der Waals surface area contributed by atoms with Crippen molar-refractivity contribution < 1.29 is 4.92 Å². The third-order valence-corrected chi connectivity index (χ3v) is 2.13. The van der Waals surface area contributed by atoms with Gasteiger partial charge in [-0.1, -0.05) is 25.5 Å². The molecule has 1 rings (SSSR count). The highest BCUT2D eigenvalue weighted by atomic mass is 35.5. The van der Waals surface area contributed by atoms with Gasteiger partial charge in [0.2, 0.25) is 0 Å². The second kappa shape index (κ2) is 6.37. The number of nitrogens with zero attached hydrogens (tertiary/aromatic N) is 1. The standard InChI is InChI=1S/C10H14N2O2.ClH/c1-2-3-10(11)8-4-6-9(7-5-8)12(13)14;/h4-7,10H,2-3,11H2,1H3;1H/t10-;/m1./s1. The molecule has 1 aromatic carbocycles. The molecular weight excluding hydrogens is 216 g/mol. The van der Waals surface area contributed by atoms with Crippen molar-refractivity contribution in [3.8, 4) is 0 Å². The second-order valence-corrected chi connectivity index (χ2v) is 3.24. The number of hydrogen-bond donors (Lipinski definition) is 1. The van der Waals surface area contributed by atoms with Crippen molar-refractivity contribution in [2.45, 2.75) is 25.8 Å². The molecular formula is C10H15ClN2O2. The lowest BCUT2D eigenvalue weighted by molar-refractivity contribution is -0.384. The lowest BCUT2D eigenvalue weighted by Crippen LogP contribution is -2.09. The molecule has 0 heterocycles. The summed E-state index contributed by atoms with van der Waals surface area (Å²) in [6, 6.07) is 6.41. The summed E-state index contributed by atoms with van der Waals surface area (Å²) < 4.78 is 0. The molecule has 4 nitrogen and oxygen atoms in total. The molecule has 15 heavy (non-hydrogen) atoms. The van der Waals surface area contributed by atoms with E-state index in [4.69, 9.17) is 5.73 Å². The Bertz CT molecular complexity index is 314. The highest BCUT2D eigenvalue weighted by molar-refractivity contribution is 5.85. The minimum atomic E-state index is -0.408. The van der Waals surface area contributed by atoms with Gasteiger partial charge in [0.05, 0.1) is 4.92 Å². The molecule has 1 atom stereocenters. The molecule has 0 saturated heterocycles. The fraction of sp³-hybridized carbons (Fsp3) is 0.400. The highest BCUT2D eigenvalue weighted by Gasteiger charge is 2.07. The highest BCUT2D eigenvalue weighted by Crippen LogP contribution is 2.19. The molecule has 5 heteroatoms. The first kappa shape index (κ1) is 13.9. The summed E-state index contributed by atoms with van der Waals surface area (Å²) in [6.45, 7) is 2.06. The summed E-state index contributed by atoms with van der Waals surface area (Å²) in [5.41, 5.74) is 6.93. The van der Waals surface area contributed by atoms with Gasteiger partial charge in [-0.05, 0) is 12.0 Å².